The van der Waals surface area contributed by atoms with Crippen LogP contribution in [-0.2, 0) is 17.8 Å². The summed E-state index contributed by atoms with van der Waals surface area (Å²) in [6, 6.07) is 15.9. The van der Waals surface area contributed by atoms with Gasteiger partial charge in [0.2, 0.25) is 5.91 Å². The lowest BCUT2D eigenvalue weighted by Gasteiger charge is -2.11. The van der Waals surface area contributed by atoms with Crippen LogP contribution in [0.4, 0.5) is 0 Å². The van der Waals surface area contributed by atoms with E-state index in [0.29, 0.717) is 13.2 Å². The van der Waals surface area contributed by atoms with E-state index in [4.69, 9.17) is 14.5 Å². The number of hydrogen-bond donors (Lipinski definition) is 1. The molecule has 0 aliphatic carbocycles. The molecule has 0 atom stereocenters. The highest BCUT2D eigenvalue weighted by atomic mass is 16.5. The normalized spacial score (nSPS) is 10.8. The van der Waals surface area contributed by atoms with Crippen LogP contribution in [0.15, 0.2) is 48.5 Å². The van der Waals surface area contributed by atoms with Gasteiger partial charge in [-0.2, -0.15) is 0 Å². The maximum Gasteiger partial charge on any atom is 0.216 e. The Morgan fingerprint density at radius 2 is 1.90 bits per heavy atom. The molecule has 0 saturated heterocycles. The van der Waals surface area contributed by atoms with Crippen LogP contribution < -0.4 is 14.8 Å². The number of amides is 1. The quantitative estimate of drug-likeness (QED) is 0.499. The molecule has 0 spiro atoms. The van der Waals surface area contributed by atoms with Crippen molar-refractivity contribution in [2.45, 2.75) is 39.2 Å². The molecule has 29 heavy (non-hydrogen) atoms. The van der Waals surface area contributed by atoms with Gasteiger partial charge >= 0.3 is 0 Å². The van der Waals surface area contributed by atoms with Crippen LogP contribution in [-0.4, -0.2) is 35.7 Å². The minimum Gasteiger partial charge on any atom is -0.497 e. The fourth-order valence-electron chi connectivity index (χ4n) is 3.33. The van der Waals surface area contributed by atoms with Crippen molar-refractivity contribution in [2.24, 2.45) is 0 Å². The Balaban J connectivity index is 1.54. The molecule has 154 valence electrons. The molecule has 1 heterocycles. The Labute approximate surface area is 171 Å². The Bertz CT molecular complexity index is 936. The SMILES string of the molecule is COc1cccc(OCCCCn2c(CCCNC(C)=O)nc3ccccc32)c1. The van der Waals surface area contributed by atoms with Crippen molar-refractivity contribution in [3.05, 3.63) is 54.4 Å². The van der Waals surface area contributed by atoms with E-state index in [0.717, 1.165) is 60.6 Å². The van der Waals surface area contributed by atoms with Gasteiger partial charge in [-0.05, 0) is 43.5 Å². The number of ether oxygens (including phenoxy) is 2. The Hall–Kier alpha value is -3.02. The van der Waals surface area contributed by atoms with E-state index < -0.39 is 0 Å². The smallest absolute Gasteiger partial charge is 0.216 e. The van der Waals surface area contributed by atoms with E-state index in [-0.39, 0.29) is 5.91 Å². The van der Waals surface area contributed by atoms with Gasteiger partial charge in [0.05, 0.1) is 24.8 Å². The van der Waals surface area contributed by atoms with Crippen LogP contribution in [0.1, 0.15) is 32.0 Å². The number of nitrogens with zero attached hydrogens (tertiary/aromatic N) is 2. The topological polar surface area (TPSA) is 65.4 Å². The second kappa shape index (κ2) is 10.5. The summed E-state index contributed by atoms with van der Waals surface area (Å²) >= 11 is 0. The van der Waals surface area contributed by atoms with Crippen LogP contribution in [0, 0.1) is 0 Å². The summed E-state index contributed by atoms with van der Waals surface area (Å²) < 4.78 is 13.4. The maximum atomic E-state index is 11.1. The van der Waals surface area contributed by atoms with Crippen molar-refractivity contribution >= 4 is 16.9 Å². The maximum absolute atomic E-state index is 11.1. The minimum atomic E-state index is 0.00883. The monoisotopic (exact) mass is 395 g/mol. The number of imidazole rings is 1. The number of nitrogens with one attached hydrogen (secondary N) is 1. The van der Waals surface area contributed by atoms with Crippen LogP contribution in [0.3, 0.4) is 0 Å². The second-order valence-corrected chi connectivity index (χ2v) is 6.99. The molecule has 6 nitrogen and oxygen atoms in total. The fraction of sp³-hybridized carbons (Fsp3) is 0.391. The molecule has 6 heteroatoms. The van der Waals surface area contributed by atoms with Gasteiger partial charge in [0, 0.05) is 32.5 Å². The molecule has 1 N–H and O–H groups in total. The third-order valence-electron chi connectivity index (χ3n) is 4.77. The molecule has 1 aromatic heterocycles. The summed E-state index contributed by atoms with van der Waals surface area (Å²) in [6.07, 6.45) is 3.68. The number of hydrogen-bond acceptors (Lipinski definition) is 4. The summed E-state index contributed by atoms with van der Waals surface area (Å²) in [4.78, 5) is 15.9. The molecule has 0 aliphatic heterocycles. The first-order valence-electron chi connectivity index (χ1n) is 10.1. The summed E-state index contributed by atoms with van der Waals surface area (Å²) in [5, 5.41) is 2.85. The predicted molar refractivity (Wildman–Crippen MR) is 114 cm³/mol. The first kappa shape index (κ1) is 20.7. The Morgan fingerprint density at radius 1 is 1.07 bits per heavy atom. The highest BCUT2D eigenvalue weighted by molar-refractivity contribution is 5.76. The lowest BCUT2D eigenvalue weighted by molar-refractivity contribution is -0.118. The highest BCUT2D eigenvalue weighted by Gasteiger charge is 2.10. The van der Waals surface area contributed by atoms with E-state index >= 15 is 0 Å². The Kier molecular flexibility index (Phi) is 7.50. The van der Waals surface area contributed by atoms with Crippen LogP contribution >= 0.6 is 0 Å². The van der Waals surface area contributed by atoms with Gasteiger partial charge in [-0.1, -0.05) is 18.2 Å². The molecule has 0 unspecified atom stereocenters. The van der Waals surface area contributed by atoms with Crippen molar-refractivity contribution in [2.75, 3.05) is 20.3 Å². The van der Waals surface area contributed by atoms with Gasteiger partial charge in [-0.25, -0.2) is 4.98 Å². The summed E-state index contributed by atoms with van der Waals surface area (Å²) in [5.74, 6) is 2.71. The van der Waals surface area contributed by atoms with E-state index in [1.807, 2.05) is 36.4 Å². The third-order valence-corrected chi connectivity index (χ3v) is 4.77. The van der Waals surface area contributed by atoms with Gasteiger partial charge < -0.3 is 19.4 Å². The van der Waals surface area contributed by atoms with Gasteiger partial charge in [-0.15, -0.1) is 0 Å². The molecule has 0 radical (unpaired) electrons. The van der Waals surface area contributed by atoms with Gasteiger partial charge in [0.15, 0.2) is 0 Å². The molecule has 0 bridgehead atoms. The average molecular weight is 396 g/mol. The van der Waals surface area contributed by atoms with Crippen molar-refractivity contribution in [3.8, 4) is 11.5 Å². The number of aromatic nitrogens is 2. The number of methoxy groups -OCH3 is 1. The van der Waals surface area contributed by atoms with Crippen LogP contribution in [0.2, 0.25) is 0 Å². The number of fused-ring (bicyclic) bond motifs is 1. The molecular weight excluding hydrogens is 366 g/mol. The first-order valence-corrected chi connectivity index (χ1v) is 10.1. The van der Waals surface area contributed by atoms with Crippen molar-refractivity contribution in [1.82, 2.24) is 14.9 Å². The third kappa shape index (κ3) is 5.98. The largest absolute Gasteiger partial charge is 0.497 e. The molecule has 1 amide bonds. The van der Waals surface area contributed by atoms with Gasteiger partial charge in [-0.3, -0.25) is 4.79 Å². The second-order valence-electron chi connectivity index (χ2n) is 6.99. The standard InChI is InChI=1S/C23H29N3O3/c1-18(27)24-14-8-13-23-25-21-11-3-4-12-22(21)26(23)15-5-6-16-29-20-10-7-9-19(17-20)28-2/h3-4,7,9-12,17H,5-6,8,13-16H2,1-2H3,(H,24,27). The molecule has 2 aromatic carbocycles. The molecule has 0 saturated carbocycles. The molecule has 3 rings (SSSR count). The van der Waals surface area contributed by atoms with E-state index in [1.54, 1.807) is 14.0 Å². The zero-order valence-corrected chi connectivity index (χ0v) is 17.2. The first-order chi connectivity index (χ1) is 14.2. The zero-order valence-electron chi connectivity index (χ0n) is 17.2. The lowest BCUT2D eigenvalue weighted by atomic mass is 10.2. The summed E-state index contributed by atoms with van der Waals surface area (Å²) in [5.41, 5.74) is 2.19. The zero-order chi connectivity index (χ0) is 20.5. The van der Waals surface area contributed by atoms with E-state index in [1.165, 1.54) is 0 Å². The van der Waals surface area contributed by atoms with Crippen molar-refractivity contribution < 1.29 is 14.3 Å². The van der Waals surface area contributed by atoms with E-state index in [9.17, 15) is 4.79 Å². The molecule has 0 fully saturated rings. The number of unbranched alkanes of at least 4 members (excludes halogenated alkanes) is 1. The average Bonchev–Trinajstić information content (AvgIpc) is 3.08. The molecular formula is C23H29N3O3. The van der Waals surface area contributed by atoms with Crippen LogP contribution in [0.25, 0.3) is 11.0 Å². The van der Waals surface area contributed by atoms with Crippen molar-refractivity contribution in [1.29, 1.82) is 0 Å². The molecule has 0 aliphatic rings. The number of benzene rings is 2. The number of carbonyl (C=O) groups excluding carboxylic acids is 1. The van der Waals surface area contributed by atoms with Gasteiger partial charge in [0.25, 0.3) is 0 Å². The summed E-state index contributed by atoms with van der Waals surface area (Å²) in [6.45, 7) is 3.78. The molecule has 3 aromatic rings. The highest BCUT2D eigenvalue weighted by Crippen LogP contribution is 2.20. The number of para-hydroxylation sites is 2. The number of aryl methyl sites for hydroxylation is 2. The minimum absolute atomic E-state index is 0.00883. The van der Waals surface area contributed by atoms with Crippen molar-refractivity contribution in [3.63, 3.8) is 0 Å². The number of carbonyl (C=O) groups is 1. The summed E-state index contributed by atoms with van der Waals surface area (Å²) in [7, 11) is 1.66. The number of rotatable bonds is 11. The fourth-order valence-corrected chi connectivity index (χ4v) is 3.33. The lowest BCUT2D eigenvalue weighted by Crippen LogP contribution is -2.21. The van der Waals surface area contributed by atoms with E-state index in [2.05, 4.69) is 22.0 Å². The Morgan fingerprint density at radius 3 is 2.72 bits per heavy atom. The predicted octanol–water partition coefficient (Wildman–Crippen LogP) is 3.97. The van der Waals surface area contributed by atoms with Gasteiger partial charge in [0.1, 0.15) is 17.3 Å². The van der Waals surface area contributed by atoms with Crippen LogP contribution in [0.5, 0.6) is 11.5 Å².